The van der Waals surface area contributed by atoms with E-state index in [0.717, 1.165) is 30.0 Å². The predicted molar refractivity (Wildman–Crippen MR) is 80.8 cm³/mol. The van der Waals surface area contributed by atoms with Gasteiger partial charge >= 0.3 is 0 Å². The van der Waals surface area contributed by atoms with E-state index in [1.807, 2.05) is 0 Å². The SMILES string of the molecule is N#Cc1c(NC(=O)C=Cc2ccco2)sc2c1CCNC2. The molecule has 2 N–H and O–H groups in total. The van der Waals surface area contributed by atoms with Gasteiger partial charge in [-0.05, 0) is 36.7 Å². The van der Waals surface area contributed by atoms with Crippen molar-refractivity contribution in [2.24, 2.45) is 0 Å². The molecule has 3 rings (SSSR count). The van der Waals surface area contributed by atoms with Gasteiger partial charge in [-0.1, -0.05) is 0 Å². The molecule has 3 heterocycles. The minimum absolute atomic E-state index is 0.269. The maximum Gasteiger partial charge on any atom is 0.249 e. The molecular weight excluding hydrogens is 286 g/mol. The summed E-state index contributed by atoms with van der Waals surface area (Å²) >= 11 is 1.46. The summed E-state index contributed by atoms with van der Waals surface area (Å²) in [6.45, 7) is 1.62. The molecule has 0 bridgehead atoms. The van der Waals surface area contributed by atoms with Gasteiger partial charge in [-0.2, -0.15) is 5.26 Å². The van der Waals surface area contributed by atoms with Crippen molar-refractivity contribution in [1.29, 1.82) is 5.26 Å². The van der Waals surface area contributed by atoms with Crippen molar-refractivity contribution in [2.75, 3.05) is 11.9 Å². The number of carbonyl (C=O) groups excluding carboxylic acids is 1. The number of nitriles is 1. The zero-order valence-electron chi connectivity index (χ0n) is 11.2. The molecule has 2 aromatic heterocycles. The average Bonchev–Trinajstić information content (AvgIpc) is 3.12. The molecule has 21 heavy (non-hydrogen) atoms. The number of carbonyl (C=O) groups is 1. The van der Waals surface area contributed by atoms with E-state index in [9.17, 15) is 10.1 Å². The second-order valence-electron chi connectivity index (χ2n) is 4.58. The van der Waals surface area contributed by atoms with Gasteiger partial charge in [-0.25, -0.2) is 0 Å². The van der Waals surface area contributed by atoms with E-state index in [2.05, 4.69) is 16.7 Å². The van der Waals surface area contributed by atoms with Crippen LogP contribution >= 0.6 is 11.3 Å². The zero-order chi connectivity index (χ0) is 14.7. The lowest BCUT2D eigenvalue weighted by Crippen LogP contribution is -2.22. The van der Waals surface area contributed by atoms with Crippen LogP contribution in [0.2, 0.25) is 0 Å². The van der Waals surface area contributed by atoms with E-state index in [4.69, 9.17) is 4.42 Å². The van der Waals surface area contributed by atoms with Crippen LogP contribution in [0, 0.1) is 11.3 Å². The topological polar surface area (TPSA) is 78.1 Å². The Labute approximate surface area is 125 Å². The van der Waals surface area contributed by atoms with Gasteiger partial charge in [0.25, 0.3) is 0 Å². The fourth-order valence-electron chi connectivity index (χ4n) is 2.24. The lowest BCUT2D eigenvalue weighted by Gasteiger charge is -2.11. The quantitative estimate of drug-likeness (QED) is 0.854. The number of nitrogens with zero attached hydrogens (tertiary/aromatic N) is 1. The van der Waals surface area contributed by atoms with Crippen LogP contribution in [0.5, 0.6) is 0 Å². The van der Waals surface area contributed by atoms with E-state index >= 15 is 0 Å². The summed E-state index contributed by atoms with van der Waals surface area (Å²) in [5, 5.41) is 16.0. The maximum absolute atomic E-state index is 11.9. The third kappa shape index (κ3) is 2.89. The highest BCUT2D eigenvalue weighted by Crippen LogP contribution is 2.34. The van der Waals surface area contributed by atoms with Gasteiger partial charge in [0, 0.05) is 17.5 Å². The minimum atomic E-state index is -0.269. The highest BCUT2D eigenvalue weighted by atomic mass is 32.1. The first-order valence-corrected chi connectivity index (χ1v) is 7.37. The van der Waals surface area contributed by atoms with Crippen molar-refractivity contribution >= 4 is 28.3 Å². The molecule has 5 nitrogen and oxygen atoms in total. The first-order valence-electron chi connectivity index (χ1n) is 6.56. The molecule has 0 saturated heterocycles. The van der Waals surface area contributed by atoms with Crippen molar-refractivity contribution in [3.8, 4) is 6.07 Å². The number of hydrogen-bond acceptors (Lipinski definition) is 5. The van der Waals surface area contributed by atoms with Gasteiger partial charge in [-0.3, -0.25) is 4.79 Å². The molecule has 0 unspecified atom stereocenters. The molecule has 0 saturated carbocycles. The Morgan fingerprint density at radius 3 is 3.24 bits per heavy atom. The van der Waals surface area contributed by atoms with Crippen LogP contribution in [0.4, 0.5) is 5.00 Å². The summed E-state index contributed by atoms with van der Waals surface area (Å²) in [6, 6.07) is 5.72. The van der Waals surface area contributed by atoms with E-state index in [1.165, 1.54) is 17.4 Å². The number of hydrogen-bond donors (Lipinski definition) is 2. The van der Waals surface area contributed by atoms with Crippen LogP contribution in [-0.4, -0.2) is 12.5 Å². The Balaban J connectivity index is 1.77. The van der Waals surface area contributed by atoms with Gasteiger partial charge in [0.1, 0.15) is 16.8 Å². The molecule has 0 spiro atoms. The van der Waals surface area contributed by atoms with Crippen molar-refractivity contribution < 1.29 is 9.21 Å². The fourth-order valence-corrected chi connectivity index (χ4v) is 3.41. The maximum atomic E-state index is 11.9. The molecule has 2 aromatic rings. The molecule has 1 amide bonds. The van der Waals surface area contributed by atoms with Gasteiger partial charge in [0.2, 0.25) is 5.91 Å². The first-order chi connectivity index (χ1) is 10.3. The highest BCUT2D eigenvalue weighted by Gasteiger charge is 2.21. The molecule has 6 heteroatoms. The largest absolute Gasteiger partial charge is 0.465 e. The zero-order valence-corrected chi connectivity index (χ0v) is 12.0. The Hall–Kier alpha value is -2.36. The lowest BCUT2D eigenvalue weighted by molar-refractivity contribution is -0.111. The normalized spacial score (nSPS) is 13.9. The lowest BCUT2D eigenvalue weighted by atomic mass is 10.1. The predicted octanol–water partition coefficient (Wildman–Crippen LogP) is 2.51. The molecule has 0 aromatic carbocycles. The Morgan fingerprint density at radius 2 is 2.48 bits per heavy atom. The summed E-state index contributed by atoms with van der Waals surface area (Å²) in [6.07, 6.45) is 5.37. The van der Waals surface area contributed by atoms with E-state index < -0.39 is 0 Å². The molecule has 0 fully saturated rings. The van der Waals surface area contributed by atoms with Gasteiger partial charge < -0.3 is 15.1 Å². The monoisotopic (exact) mass is 299 g/mol. The summed E-state index contributed by atoms with van der Waals surface area (Å²) < 4.78 is 5.12. The summed E-state index contributed by atoms with van der Waals surface area (Å²) in [5.41, 5.74) is 1.66. The van der Waals surface area contributed by atoms with Crippen LogP contribution < -0.4 is 10.6 Å². The Kier molecular flexibility index (Phi) is 3.86. The fraction of sp³-hybridized carbons (Fsp3) is 0.200. The van der Waals surface area contributed by atoms with E-state index in [-0.39, 0.29) is 5.91 Å². The highest BCUT2D eigenvalue weighted by molar-refractivity contribution is 7.16. The molecule has 1 aliphatic heterocycles. The molecule has 106 valence electrons. The van der Waals surface area contributed by atoms with Gasteiger partial charge in [0.05, 0.1) is 11.8 Å². The smallest absolute Gasteiger partial charge is 0.249 e. The van der Waals surface area contributed by atoms with Crippen LogP contribution in [0.25, 0.3) is 6.08 Å². The Bertz CT molecular complexity index is 723. The number of amides is 1. The second-order valence-corrected chi connectivity index (χ2v) is 5.69. The summed E-state index contributed by atoms with van der Waals surface area (Å²) in [5.74, 6) is 0.342. The number of thiophene rings is 1. The number of nitrogens with one attached hydrogen (secondary N) is 2. The summed E-state index contributed by atoms with van der Waals surface area (Å²) in [7, 11) is 0. The molecule has 0 aliphatic carbocycles. The van der Waals surface area contributed by atoms with Crippen molar-refractivity contribution in [3.63, 3.8) is 0 Å². The average molecular weight is 299 g/mol. The number of fused-ring (bicyclic) bond motifs is 1. The second kappa shape index (κ2) is 5.95. The van der Waals surface area contributed by atoms with Gasteiger partial charge in [0.15, 0.2) is 0 Å². The van der Waals surface area contributed by atoms with E-state index in [1.54, 1.807) is 24.5 Å². The van der Waals surface area contributed by atoms with Crippen LogP contribution in [0.1, 0.15) is 21.8 Å². The number of rotatable bonds is 3. The van der Waals surface area contributed by atoms with Crippen LogP contribution in [0.3, 0.4) is 0 Å². The van der Waals surface area contributed by atoms with Crippen molar-refractivity contribution in [2.45, 2.75) is 13.0 Å². The standard InChI is InChI=1S/C15H13N3O2S/c16-8-12-11-5-6-17-9-13(11)21-15(12)18-14(19)4-3-10-2-1-7-20-10/h1-4,7,17H,5-6,9H2,(H,18,19). The van der Waals surface area contributed by atoms with E-state index in [0.29, 0.717) is 16.3 Å². The minimum Gasteiger partial charge on any atom is -0.465 e. The molecular formula is C15H13N3O2S. The summed E-state index contributed by atoms with van der Waals surface area (Å²) in [4.78, 5) is 13.1. The molecule has 0 atom stereocenters. The number of furan rings is 1. The molecule has 0 radical (unpaired) electrons. The van der Waals surface area contributed by atoms with Crippen LogP contribution in [-0.2, 0) is 17.8 Å². The number of anilines is 1. The van der Waals surface area contributed by atoms with Crippen molar-refractivity contribution in [1.82, 2.24) is 5.32 Å². The molecule has 1 aliphatic rings. The third-order valence-electron chi connectivity index (χ3n) is 3.22. The van der Waals surface area contributed by atoms with Crippen LogP contribution in [0.15, 0.2) is 28.9 Å². The van der Waals surface area contributed by atoms with Crippen molar-refractivity contribution in [3.05, 3.63) is 46.2 Å². The Morgan fingerprint density at radius 1 is 1.57 bits per heavy atom. The third-order valence-corrected chi connectivity index (χ3v) is 4.37. The van der Waals surface area contributed by atoms with Gasteiger partial charge in [-0.15, -0.1) is 11.3 Å². The first kappa shape index (κ1) is 13.6.